The average molecular weight is 350 g/mol. The number of rotatable bonds is 7. The Hall–Kier alpha value is -2.61. The molecule has 0 saturated heterocycles. The summed E-state index contributed by atoms with van der Waals surface area (Å²) in [6.07, 6.45) is 0.852. The van der Waals surface area contributed by atoms with Gasteiger partial charge in [-0.1, -0.05) is 13.0 Å². The van der Waals surface area contributed by atoms with Gasteiger partial charge in [-0.3, -0.25) is 14.8 Å². The molecular formula is C16H18N2O5S. The number of benzene rings is 2. The summed E-state index contributed by atoms with van der Waals surface area (Å²) in [5, 5.41) is 10.6. The standard InChI is InChI=1S/C16H18N2O5S/c1-3-12(2)23-15-6-4-5-13(11-15)17-24(21,22)16-9-7-14(8-10-16)18(19)20/h4-12,17H,3H2,1-2H3. The molecule has 1 N–H and O–H groups in total. The molecular weight excluding hydrogens is 332 g/mol. The molecule has 0 heterocycles. The minimum absolute atomic E-state index is 0.0199. The lowest BCUT2D eigenvalue weighted by Gasteiger charge is -2.14. The van der Waals surface area contributed by atoms with E-state index in [1.807, 2.05) is 13.8 Å². The number of anilines is 1. The van der Waals surface area contributed by atoms with Crippen LogP contribution in [0.4, 0.5) is 11.4 Å². The SMILES string of the molecule is CCC(C)Oc1cccc(NS(=O)(=O)c2ccc([N+](=O)[O-])cc2)c1. The van der Waals surface area contributed by atoms with Crippen LogP contribution in [0.1, 0.15) is 20.3 Å². The van der Waals surface area contributed by atoms with E-state index in [0.717, 1.165) is 18.6 Å². The van der Waals surface area contributed by atoms with Gasteiger partial charge >= 0.3 is 0 Å². The number of nitrogens with one attached hydrogen (secondary N) is 1. The zero-order valence-corrected chi connectivity index (χ0v) is 14.1. The van der Waals surface area contributed by atoms with E-state index in [4.69, 9.17) is 4.74 Å². The zero-order chi connectivity index (χ0) is 17.7. The zero-order valence-electron chi connectivity index (χ0n) is 13.3. The van der Waals surface area contributed by atoms with Crippen LogP contribution in [0.5, 0.6) is 5.75 Å². The van der Waals surface area contributed by atoms with Gasteiger partial charge in [0.25, 0.3) is 15.7 Å². The van der Waals surface area contributed by atoms with Crippen molar-refractivity contribution >= 4 is 21.4 Å². The normalized spacial score (nSPS) is 12.4. The predicted octanol–water partition coefficient (Wildman–Crippen LogP) is 3.57. The molecule has 0 saturated carbocycles. The third-order valence-corrected chi connectivity index (χ3v) is 4.75. The number of hydrogen-bond acceptors (Lipinski definition) is 5. The summed E-state index contributed by atoms with van der Waals surface area (Å²) in [7, 11) is -3.83. The van der Waals surface area contributed by atoms with Crippen molar-refractivity contribution in [2.45, 2.75) is 31.3 Å². The van der Waals surface area contributed by atoms with Gasteiger partial charge in [-0.15, -0.1) is 0 Å². The van der Waals surface area contributed by atoms with Gasteiger partial charge in [0.1, 0.15) is 5.75 Å². The van der Waals surface area contributed by atoms with Crippen LogP contribution in [0.25, 0.3) is 0 Å². The van der Waals surface area contributed by atoms with E-state index in [-0.39, 0.29) is 16.7 Å². The van der Waals surface area contributed by atoms with Crippen LogP contribution >= 0.6 is 0 Å². The van der Waals surface area contributed by atoms with Crippen molar-refractivity contribution in [1.29, 1.82) is 0 Å². The molecule has 0 amide bonds. The molecule has 0 aliphatic carbocycles. The second kappa shape index (κ2) is 7.31. The van der Waals surface area contributed by atoms with E-state index < -0.39 is 14.9 Å². The first-order valence-electron chi connectivity index (χ1n) is 7.36. The van der Waals surface area contributed by atoms with Gasteiger partial charge in [-0.05, 0) is 37.6 Å². The van der Waals surface area contributed by atoms with E-state index in [2.05, 4.69) is 4.72 Å². The number of nitro groups is 1. The van der Waals surface area contributed by atoms with E-state index in [1.165, 1.54) is 12.1 Å². The predicted molar refractivity (Wildman–Crippen MR) is 90.7 cm³/mol. The van der Waals surface area contributed by atoms with Crippen molar-refractivity contribution in [3.05, 3.63) is 58.6 Å². The Balaban J connectivity index is 2.19. The number of nitro benzene ring substituents is 1. The highest BCUT2D eigenvalue weighted by Gasteiger charge is 2.16. The topological polar surface area (TPSA) is 98.5 Å². The molecule has 2 rings (SSSR count). The highest BCUT2D eigenvalue weighted by atomic mass is 32.2. The minimum Gasteiger partial charge on any atom is -0.491 e. The lowest BCUT2D eigenvalue weighted by atomic mass is 10.3. The molecule has 0 spiro atoms. The molecule has 0 radical (unpaired) electrons. The molecule has 0 aromatic heterocycles. The summed E-state index contributed by atoms with van der Waals surface area (Å²) in [6, 6.07) is 11.3. The highest BCUT2D eigenvalue weighted by Crippen LogP contribution is 2.23. The van der Waals surface area contributed by atoms with Crippen molar-refractivity contribution in [3.8, 4) is 5.75 Å². The van der Waals surface area contributed by atoms with Crippen LogP contribution in [0.3, 0.4) is 0 Å². The van der Waals surface area contributed by atoms with Crippen molar-refractivity contribution in [2.75, 3.05) is 4.72 Å². The molecule has 0 aliphatic heterocycles. The summed E-state index contributed by atoms with van der Waals surface area (Å²) >= 11 is 0. The molecule has 0 fully saturated rings. The van der Waals surface area contributed by atoms with Gasteiger partial charge in [0.15, 0.2) is 0 Å². The number of hydrogen-bond donors (Lipinski definition) is 1. The molecule has 24 heavy (non-hydrogen) atoms. The second-order valence-corrected chi connectivity index (χ2v) is 6.90. The van der Waals surface area contributed by atoms with Crippen LogP contribution in [0.15, 0.2) is 53.4 Å². The molecule has 7 nitrogen and oxygen atoms in total. The minimum atomic E-state index is -3.83. The maximum absolute atomic E-state index is 12.4. The van der Waals surface area contributed by atoms with Crippen LogP contribution in [0, 0.1) is 10.1 Å². The number of nitrogens with zero attached hydrogens (tertiary/aromatic N) is 1. The number of sulfonamides is 1. The molecule has 1 atom stereocenters. The van der Waals surface area contributed by atoms with E-state index >= 15 is 0 Å². The third kappa shape index (κ3) is 4.45. The van der Waals surface area contributed by atoms with Crippen LogP contribution < -0.4 is 9.46 Å². The third-order valence-electron chi connectivity index (χ3n) is 3.36. The lowest BCUT2D eigenvalue weighted by Crippen LogP contribution is -2.13. The first-order valence-corrected chi connectivity index (χ1v) is 8.84. The molecule has 2 aromatic rings. The van der Waals surface area contributed by atoms with Crippen molar-refractivity contribution in [2.24, 2.45) is 0 Å². The van der Waals surface area contributed by atoms with Gasteiger partial charge in [-0.2, -0.15) is 0 Å². The Labute approximate surface area is 140 Å². The Morgan fingerprint density at radius 2 is 1.88 bits per heavy atom. The van der Waals surface area contributed by atoms with Crippen molar-refractivity contribution in [1.82, 2.24) is 0 Å². The first-order chi connectivity index (χ1) is 11.3. The van der Waals surface area contributed by atoms with Gasteiger partial charge < -0.3 is 4.74 Å². The Kier molecular flexibility index (Phi) is 5.40. The van der Waals surface area contributed by atoms with Gasteiger partial charge in [0.05, 0.1) is 21.6 Å². The summed E-state index contributed by atoms with van der Waals surface area (Å²) in [6.45, 7) is 3.92. The molecule has 0 aliphatic rings. The first kappa shape index (κ1) is 17.7. The second-order valence-electron chi connectivity index (χ2n) is 5.22. The Morgan fingerprint density at radius 3 is 2.46 bits per heavy atom. The monoisotopic (exact) mass is 350 g/mol. The van der Waals surface area contributed by atoms with Crippen LogP contribution in [-0.2, 0) is 10.0 Å². The fourth-order valence-electron chi connectivity index (χ4n) is 1.91. The smallest absolute Gasteiger partial charge is 0.269 e. The van der Waals surface area contributed by atoms with E-state index in [1.54, 1.807) is 24.3 Å². The van der Waals surface area contributed by atoms with Gasteiger partial charge in [-0.25, -0.2) is 8.42 Å². The summed E-state index contributed by atoms with van der Waals surface area (Å²) in [5.41, 5.74) is 0.187. The summed E-state index contributed by atoms with van der Waals surface area (Å²) in [5.74, 6) is 0.563. The van der Waals surface area contributed by atoms with E-state index in [0.29, 0.717) is 11.4 Å². The molecule has 1 unspecified atom stereocenters. The highest BCUT2D eigenvalue weighted by molar-refractivity contribution is 7.92. The van der Waals surface area contributed by atoms with Gasteiger partial charge in [0, 0.05) is 18.2 Å². The maximum Gasteiger partial charge on any atom is 0.269 e. The van der Waals surface area contributed by atoms with E-state index in [9.17, 15) is 18.5 Å². The molecule has 2 aromatic carbocycles. The maximum atomic E-state index is 12.4. The van der Waals surface area contributed by atoms with Crippen molar-refractivity contribution < 1.29 is 18.1 Å². The fraction of sp³-hybridized carbons (Fsp3) is 0.250. The quantitative estimate of drug-likeness (QED) is 0.608. The number of ether oxygens (including phenoxy) is 1. The molecule has 128 valence electrons. The van der Waals surface area contributed by atoms with Crippen LogP contribution in [-0.4, -0.2) is 19.4 Å². The lowest BCUT2D eigenvalue weighted by molar-refractivity contribution is -0.384. The average Bonchev–Trinajstić information content (AvgIpc) is 2.54. The summed E-state index contributed by atoms with van der Waals surface area (Å²) in [4.78, 5) is 9.99. The Bertz CT molecular complexity index is 819. The summed E-state index contributed by atoms with van der Waals surface area (Å²) < 4.78 is 32.8. The van der Waals surface area contributed by atoms with Gasteiger partial charge in [0.2, 0.25) is 0 Å². The number of non-ortho nitro benzene ring substituents is 1. The molecule has 0 bridgehead atoms. The fourth-order valence-corrected chi connectivity index (χ4v) is 2.96. The largest absolute Gasteiger partial charge is 0.491 e. The molecule has 8 heteroatoms. The van der Waals surface area contributed by atoms with Crippen molar-refractivity contribution in [3.63, 3.8) is 0 Å². The van der Waals surface area contributed by atoms with Crippen LogP contribution in [0.2, 0.25) is 0 Å². The Morgan fingerprint density at radius 1 is 1.21 bits per heavy atom.